The molecule has 0 heterocycles. The summed E-state index contributed by atoms with van der Waals surface area (Å²) in [5, 5.41) is 31.0. The maximum absolute atomic E-state index is 13.3. The maximum atomic E-state index is 13.3. The highest BCUT2D eigenvalue weighted by Crippen LogP contribution is 2.66. The standard InChI is InChI=1S/C21H28O5/c1-19-7-5-13(23)9-12(19)3-4-14-15-6-8-21(26,17(25)11-22)20(15,2)10-16(24)18(14)19/h5,7,9,14-15,17-18,22,25-26H,3-4,6,8,10-11H2,1-2H3/t14-,15-,17+,18+,19-,20-,21-/m1/s1. The lowest BCUT2D eigenvalue weighted by Gasteiger charge is -2.57. The molecular formula is C21H28O5. The van der Waals surface area contributed by atoms with Crippen LogP contribution in [-0.2, 0) is 9.59 Å². The Hall–Kier alpha value is -1.30. The molecule has 0 spiro atoms. The Bertz CT molecular complexity index is 724. The highest BCUT2D eigenvalue weighted by Gasteiger charge is 2.67. The van der Waals surface area contributed by atoms with E-state index in [1.165, 1.54) is 0 Å². The van der Waals surface area contributed by atoms with Gasteiger partial charge in [-0.25, -0.2) is 0 Å². The van der Waals surface area contributed by atoms with E-state index in [1.54, 1.807) is 12.2 Å². The van der Waals surface area contributed by atoms with Gasteiger partial charge in [0.1, 0.15) is 11.9 Å². The Labute approximate surface area is 153 Å². The van der Waals surface area contributed by atoms with Crippen LogP contribution < -0.4 is 0 Å². The van der Waals surface area contributed by atoms with Gasteiger partial charge in [-0.3, -0.25) is 9.59 Å². The lowest BCUT2D eigenvalue weighted by Crippen LogP contribution is -2.61. The van der Waals surface area contributed by atoms with E-state index in [0.717, 1.165) is 24.8 Å². The summed E-state index contributed by atoms with van der Waals surface area (Å²) >= 11 is 0. The molecule has 0 saturated heterocycles. The van der Waals surface area contributed by atoms with Gasteiger partial charge in [0, 0.05) is 23.2 Å². The molecule has 0 aliphatic heterocycles. The second kappa shape index (κ2) is 5.60. The quantitative estimate of drug-likeness (QED) is 0.695. The van der Waals surface area contributed by atoms with E-state index >= 15 is 0 Å². The van der Waals surface area contributed by atoms with E-state index in [1.807, 2.05) is 13.0 Å². The molecule has 3 N–H and O–H groups in total. The minimum Gasteiger partial charge on any atom is -0.394 e. The van der Waals surface area contributed by atoms with Crippen molar-refractivity contribution in [2.24, 2.45) is 28.6 Å². The SMILES string of the molecule is C[C@@]12C=CC(=O)C=C1CC[C@H]1[C@H]2C(=O)C[C@]2(C)[C@@H]1CC[C@@]2(O)[C@@H](O)CO. The maximum Gasteiger partial charge on any atom is 0.178 e. The van der Waals surface area contributed by atoms with Crippen molar-refractivity contribution < 1.29 is 24.9 Å². The van der Waals surface area contributed by atoms with Crippen LogP contribution >= 0.6 is 0 Å². The van der Waals surface area contributed by atoms with Gasteiger partial charge in [-0.15, -0.1) is 0 Å². The van der Waals surface area contributed by atoms with E-state index in [-0.39, 0.29) is 35.7 Å². The normalized spacial score (nSPS) is 48.5. The van der Waals surface area contributed by atoms with E-state index in [4.69, 9.17) is 0 Å². The molecule has 3 fully saturated rings. The number of hydrogen-bond acceptors (Lipinski definition) is 5. The fourth-order valence-corrected chi connectivity index (χ4v) is 6.76. The molecule has 0 aromatic carbocycles. The Morgan fingerprint density at radius 1 is 1.27 bits per heavy atom. The van der Waals surface area contributed by atoms with Gasteiger partial charge in [0.15, 0.2) is 5.78 Å². The average Bonchev–Trinajstić information content (AvgIpc) is 2.86. The molecule has 142 valence electrons. The van der Waals surface area contributed by atoms with Crippen LogP contribution in [0.15, 0.2) is 23.8 Å². The lowest BCUT2D eigenvalue weighted by molar-refractivity contribution is -0.186. The summed E-state index contributed by atoms with van der Waals surface area (Å²) in [6.07, 6.45) is 6.91. The number of ketones is 2. The van der Waals surface area contributed by atoms with E-state index in [0.29, 0.717) is 6.42 Å². The summed E-state index contributed by atoms with van der Waals surface area (Å²) in [6.45, 7) is 3.46. The van der Waals surface area contributed by atoms with Crippen LogP contribution in [0.1, 0.15) is 46.0 Å². The van der Waals surface area contributed by atoms with Crippen molar-refractivity contribution in [3.8, 4) is 0 Å². The van der Waals surface area contributed by atoms with Crippen LogP contribution in [0.4, 0.5) is 0 Å². The van der Waals surface area contributed by atoms with Gasteiger partial charge in [-0.2, -0.15) is 0 Å². The predicted octanol–water partition coefficient (Wildman–Crippen LogP) is 1.56. The molecule has 5 heteroatoms. The molecule has 0 amide bonds. The number of carbonyl (C=O) groups is 2. The number of aliphatic hydroxyl groups excluding tert-OH is 2. The molecule has 0 aromatic rings. The van der Waals surface area contributed by atoms with Crippen molar-refractivity contribution in [2.45, 2.75) is 57.7 Å². The van der Waals surface area contributed by atoms with Gasteiger partial charge in [0.05, 0.1) is 12.2 Å². The zero-order valence-electron chi connectivity index (χ0n) is 15.4. The van der Waals surface area contributed by atoms with Gasteiger partial charge in [-0.05, 0) is 49.7 Å². The Morgan fingerprint density at radius 2 is 2.00 bits per heavy atom. The molecule has 0 aromatic heterocycles. The molecule has 7 atom stereocenters. The molecule has 0 bridgehead atoms. The number of Topliss-reactive ketones (excluding diaryl/α,β-unsaturated/α-hetero) is 1. The lowest BCUT2D eigenvalue weighted by atomic mass is 9.46. The number of fused-ring (bicyclic) bond motifs is 5. The first-order valence-corrected chi connectivity index (χ1v) is 9.65. The average molecular weight is 360 g/mol. The van der Waals surface area contributed by atoms with Crippen molar-refractivity contribution >= 4 is 11.6 Å². The first-order valence-electron chi connectivity index (χ1n) is 9.65. The number of hydrogen-bond donors (Lipinski definition) is 3. The third-order valence-electron chi connectivity index (χ3n) is 8.20. The zero-order chi connectivity index (χ0) is 18.9. The fraction of sp³-hybridized carbons (Fsp3) is 0.714. The first-order chi connectivity index (χ1) is 12.2. The van der Waals surface area contributed by atoms with Crippen LogP contribution in [0.3, 0.4) is 0 Å². The predicted molar refractivity (Wildman–Crippen MR) is 95.0 cm³/mol. The smallest absolute Gasteiger partial charge is 0.178 e. The van der Waals surface area contributed by atoms with E-state index < -0.39 is 29.1 Å². The van der Waals surface area contributed by atoms with Crippen LogP contribution in [0.25, 0.3) is 0 Å². The van der Waals surface area contributed by atoms with Gasteiger partial charge >= 0.3 is 0 Å². The molecule has 4 aliphatic carbocycles. The summed E-state index contributed by atoms with van der Waals surface area (Å²) in [5.41, 5.74) is -1.53. The van der Waals surface area contributed by atoms with Gasteiger partial charge in [-0.1, -0.05) is 25.5 Å². The minimum atomic E-state index is -1.43. The molecule has 0 radical (unpaired) electrons. The third-order valence-corrected chi connectivity index (χ3v) is 8.20. The summed E-state index contributed by atoms with van der Waals surface area (Å²) in [6, 6.07) is 0. The molecule has 5 nitrogen and oxygen atoms in total. The monoisotopic (exact) mass is 360 g/mol. The van der Waals surface area contributed by atoms with Crippen LogP contribution in [-0.4, -0.2) is 45.2 Å². The van der Waals surface area contributed by atoms with Crippen LogP contribution in [0.5, 0.6) is 0 Å². The molecule has 0 unspecified atom stereocenters. The summed E-state index contributed by atoms with van der Waals surface area (Å²) < 4.78 is 0. The minimum absolute atomic E-state index is 0.00895. The largest absolute Gasteiger partial charge is 0.394 e. The third kappa shape index (κ3) is 2.08. The summed E-state index contributed by atoms with van der Waals surface area (Å²) in [4.78, 5) is 25.1. The number of allylic oxidation sites excluding steroid dienone is 4. The van der Waals surface area contributed by atoms with Crippen LogP contribution in [0, 0.1) is 28.6 Å². The molecular weight excluding hydrogens is 332 g/mol. The summed E-state index contributed by atoms with van der Waals surface area (Å²) in [5.74, 6) is 0.164. The first kappa shape index (κ1) is 18.1. The van der Waals surface area contributed by atoms with Crippen molar-refractivity contribution in [1.82, 2.24) is 0 Å². The van der Waals surface area contributed by atoms with E-state index in [2.05, 4.69) is 6.92 Å². The van der Waals surface area contributed by atoms with Crippen LogP contribution in [0.2, 0.25) is 0 Å². The second-order valence-electron chi connectivity index (χ2n) is 9.20. The number of aliphatic hydroxyl groups is 3. The topological polar surface area (TPSA) is 94.8 Å². The van der Waals surface area contributed by atoms with Crippen molar-refractivity contribution in [1.29, 1.82) is 0 Å². The number of carbonyl (C=O) groups excluding carboxylic acids is 2. The Morgan fingerprint density at radius 3 is 2.69 bits per heavy atom. The van der Waals surface area contributed by atoms with Gasteiger partial charge < -0.3 is 15.3 Å². The van der Waals surface area contributed by atoms with E-state index in [9.17, 15) is 24.9 Å². The molecule has 4 aliphatic rings. The Kier molecular flexibility index (Phi) is 3.89. The zero-order valence-corrected chi connectivity index (χ0v) is 15.4. The highest BCUT2D eigenvalue weighted by atomic mass is 16.4. The van der Waals surface area contributed by atoms with Gasteiger partial charge in [0.25, 0.3) is 0 Å². The molecule has 3 saturated carbocycles. The fourth-order valence-electron chi connectivity index (χ4n) is 6.76. The number of rotatable bonds is 2. The highest BCUT2D eigenvalue weighted by molar-refractivity contribution is 6.01. The summed E-state index contributed by atoms with van der Waals surface area (Å²) in [7, 11) is 0. The van der Waals surface area contributed by atoms with Crippen molar-refractivity contribution in [3.63, 3.8) is 0 Å². The Balaban J connectivity index is 1.75. The van der Waals surface area contributed by atoms with Crippen molar-refractivity contribution in [3.05, 3.63) is 23.8 Å². The molecule has 4 rings (SSSR count). The van der Waals surface area contributed by atoms with Gasteiger partial charge in [0.2, 0.25) is 0 Å². The van der Waals surface area contributed by atoms with Crippen molar-refractivity contribution in [2.75, 3.05) is 6.61 Å². The second-order valence-corrected chi connectivity index (χ2v) is 9.20. The molecule has 26 heavy (non-hydrogen) atoms.